The molecule has 232 valence electrons. The van der Waals surface area contributed by atoms with Crippen molar-refractivity contribution in [1.82, 2.24) is 5.32 Å². The van der Waals surface area contributed by atoms with Gasteiger partial charge in [0.1, 0.15) is 6.04 Å². The van der Waals surface area contributed by atoms with Gasteiger partial charge < -0.3 is 26.9 Å². The minimum atomic E-state index is -2.09. The summed E-state index contributed by atoms with van der Waals surface area (Å²) in [6.45, 7) is 33.5. The van der Waals surface area contributed by atoms with Gasteiger partial charge in [-0.3, -0.25) is 10.1 Å². The van der Waals surface area contributed by atoms with Crippen molar-refractivity contribution in [2.24, 2.45) is 0 Å². The Hall–Kier alpha value is 0.664. The second kappa shape index (κ2) is 14.4. The lowest BCUT2D eigenvalue weighted by Crippen LogP contribution is -2.62. The van der Waals surface area contributed by atoms with E-state index in [-0.39, 0.29) is 35.7 Å². The van der Waals surface area contributed by atoms with Crippen LogP contribution in [-0.2, 0) is 31.7 Å². The van der Waals surface area contributed by atoms with E-state index in [1.54, 1.807) is 11.8 Å². The number of ether oxygens (including phenoxy) is 1. The van der Waals surface area contributed by atoms with E-state index in [0.29, 0.717) is 12.4 Å². The molecule has 39 heavy (non-hydrogen) atoms. The molecule has 1 heterocycles. The minimum absolute atomic E-state index is 0.152. The van der Waals surface area contributed by atoms with Crippen molar-refractivity contribution in [3.8, 4) is 0 Å². The summed E-state index contributed by atoms with van der Waals surface area (Å²) in [5.41, 5.74) is 0. The van der Waals surface area contributed by atoms with Crippen molar-refractivity contribution >= 4 is 59.3 Å². The van der Waals surface area contributed by atoms with Gasteiger partial charge in [0.15, 0.2) is 41.6 Å². The summed E-state index contributed by atoms with van der Waals surface area (Å²) in [4.78, 5) is 12.4. The first-order valence-electron chi connectivity index (χ1n) is 14.1. The Bertz CT molecular complexity index is 775. The summed E-state index contributed by atoms with van der Waals surface area (Å²) in [7, 11) is -8.60. The summed E-state index contributed by atoms with van der Waals surface area (Å²) in [6.07, 6.45) is -1.42. The fourth-order valence-electron chi connectivity index (χ4n) is 4.15. The molecule has 0 amide bonds. The van der Waals surface area contributed by atoms with E-state index in [0.717, 1.165) is 0 Å². The highest BCUT2D eigenvalue weighted by Gasteiger charge is 2.49. The molecule has 0 radical (unpaired) electrons. The molecule has 0 aromatic heterocycles. The van der Waals surface area contributed by atoms with Crippen LogP contribution in [0.5, 0.6) is 0 Å². The molecule has 0 aliphatic carbocycles. The highest BCUT2D eigenvalue weighted by molar-refractivity contribution is 8.00. The van der Waals surface area contributed by atoms with Crippen molar-refractivity contribution in [2.75, 3.05) is 19.5 Å². The van der Waals surface area contributed by atoms with Gasteiger partial charge in [-0.2, -0.15) is 0 Å². The lowest BCUT2D eigenvalue weighted by Gasteiger charge is -2.47. The van der Waals surface area contributed by atoms with Crippen LogP contribution < -0.4 is 5.32 Å². The van der Waals surface area contributed by atoms with Crippen molar-refractivity contribution in [3.05, 3.63) is 0 Å². The number of hydrogen-bond donors (Lipinski definition) is 1. The molecule has 1 rings (SSSR count). The fraction of sp³-hybridized carbons (Fsp3) is 0.960. The van der Waals surface area contributed by atoms with Crippen LogP contribution in [0.1, 0.15) is 0 Å². The zero-order valence-corrected chi connectivity index (χ0v) is 33.5. The average molecular weight is 658 g/mol. The molecule has 0 aromatic carbocycles. The Morgan fingerprint density at radius 1 is 0.718 bits per heavy atom. The molecule has 0 spiro atoms. The van der Waals surface area contributed by atoms with Crippen LogP contribution in [0.3, 0.4) is 0 Å². The monoisotopic (exact) mass is 657 g/mol. The van der Waals surface area contributed by atoms with Crippen LogP contribution in [0, 0.1) is 0 Å². The van der Waals surface area contributed by atoms with E-state index in [1.807, 2.05) is 0 Å². The highest BCUT2D eigenvalue weighted by Crippen LogP contribution is 2.34. The molecule has 8 nitrogen and oxygen atoms in total. The molecule has 0 aromatic rings. The van der Waals surface area contributed by atoms with Crippen LogP contribution in [0.4, 0.5) is 0 Å². The Labute approximate surface area is 249 Å². The van der Waals surface area contributed by atoms with Crippen LogP contribution >= 0.6 is 11.8 Å². The number of thioether (sulfide) groups is 1. The molecular weight excluding hydrogens is 599 g/mol. The predicted octanol–water partition coefficient (Wildman–Crippen LogP) is 5.92. The number of esters is 1. The summed E-state index contributed by atoms with van der Waals surface area (Å²) < 4.78 is 39.5. The number of methoxy groups -OCH3 is 1. The third kappa shape index (κ3) is 15.6. The minimum Gasteiger partial charge on any atom is -0.468 e. The van der Waals surface area contributed by atoms with Gasteiger partial charge in [0.25, 0.3) is 0 Å². The molecule has 1 aliphatic heterocycles. The molecule has 0 bridgehead atoms. The van der Waals surface area contributed by atoms with Crippen LogP contribution in [-0.4, -0.2) is 103 Å². The smallest absolute Gasteiger partial charge is 0.323 e. The second-order valence-corrected chi connectivity index (χ2v) is 38.8. The molecule has 6 atom stereocenters. The lowest BCUT2D eigenvalue weighted by molar-refractivity contribution is -0.142. The van der Waals surface area contributed by atoms with Crippen molar-refractivity contribution < 1.29 is 31.7 Å². The Kier molecular flexibility index (Phi) is 13.9. The van der Waals surface area contributed by atoms with E-state index < -0.39 is 47.7 Å². The fourth-order valence-corrected chi connectivity index (χ4v) is 10.6. The maximum Gasteiger partial charge on any atom is 0.323 e. The SMILES string of the molecule is COC(=O)C1CSC(C(O[Si](C)(C)C)C(O[Si](C)(C)C)C(O[Si](C)(C)C)C(CO[Si](C)(C)C)O[Si](C)(C)C)N1. The van der Waals surface area contributed by atoms with Gasteiger partial charge in [0.05, 0.1) is 43.5 Å². The number of carbonyl (C=O) groups is 1. The molecule has 1 saturated heterocycles. The van der Waals surface area contributed by atoms with E-state index in [2.05, 4.69) is 104 Å². The highest BCUT2D eigenvalue weighted by atomic mass is 32.2. The van der Waals surface area contributed by atoms with Gasteiger partial charge in [-0.25, -0.2) is 0 Å². The normalized spacial score (nSPS) is 22.9. The zero-order chi connectivity index (χ0) is 30.6. The maximum absolute atomic E-state index is 12.4. The Balaban J connectivity index is 3.73. The first-order valence-corrected chi connectivity index (χ1v) is 32.2. The average Bonchev–Trinajstić information content (AvgIpc) is 3.18. The molecule has 1 N–H and O–H groups in total. The third-order valence-electron chi connectivity index (χ3n) is 5.26. The van der Waals surface area contributed by atoms with E-state index in [4.69, 9.17) is 26.9 Å². The quantitative estimate of drug-likeness (QED) is 0.161. The standard InChI is InChI=1S/C25H59NO7SSi5/c1-28-25(27)19-18-34-24(26-19)23(33-39(14,15)16)22(32-38(11,12)13)21(31-37(8,9)10)20(30-36(5,6)7)17-29-35(2,3)4/h19-24,26H,17-18H2,1-16H3. The molecule has 1 aliphatic rings. The van der Waals surface area contributed by atoms with Gasteiger partial charge in [-0.05, 0) is 98.2 Å². The van der Waals surface area contributed by atoms with Crippen molar-refractivity contribution in [3.63, 3.8) is 0 Å². The number of hydrogen-bond acceptors (Lipinski definition) is 9. The predicted molar refractivity (Wildman–Crippen MR) is 177 cm³/mol. The molecule has 1 fully saturated rings. The number of rotatable bonds is 16. The van der Waals surface area contributed by atoms with E-state index in [1.165, 1.54) is 7.11 Å². The summed E-state index contributed by atoms with van der Waals surface area (Å²) in [6, 6.07) is -0.383. The van der Waals surface area contributed by atoms with Crippen LogP contribution in [0.25, 0.3) is 0 Å². The van der Waals surface area contributed by atoms with Crippen molar-refractivity contribution in [2.45, 2.75) is 134 Å². The van der Waals surface area contributed by atoms with Crippen LogP contribution in [0.2, 0.25) is 98.2 Å². The molecular formula is C25H59NO7SSi5. The molecule has 0 saturated carbocycles. The molecule has 14 heteroatoms. The first kappa shape index (κ1) is 37.7. The van der Waals surface area contributed by atoms with E-state index >= 15 is 0 Å². The lowest BCUT2D eigenvalue weighted by atomic mass is 10.0. The largest absolute Gasteiger partial charge is 0.468 e. The third-order valence-corrected chi connectivity index (χ3v) is 11.5. The summed E-state index contributed by atoms with van der Waals surface area (Å²) >= 11 is 1.70. The Morgan fingerprint density at radius 2 is 1.18 bits per heavy atom. The molecule has 6 unspecified atom stereocenters. The second-order valence-electron chi connectivity index (χ2n) is 15.3. The van der Waals surface area contributed by atoms with Gasteiger partial charge in [-0.15, -0.1) is 11.8 Å². The van der Waals surface area contributed by atoms with Gasteiger partial charge >= 0.3 is 5.97 Å². The Morgan fingerprint density at radius 3 is 1.59 bits per heavy atom. The number of carbonyl (C=O) groups excluding carboxylic acids is 1. The van der Waals surface area contributed by atoms with E-state index in [9.17, 15) is 4.79 Å². The summed E-state index contributed by atoms with van der Waals surface area (Å²) in [5, 5.41) is 3.36. The van der Waals surface area contributed by atoms with Gasteiger partial charge in [0, 0.05) is 5.75 Å². The number of nitrogens with one attached hydrogen (secondary N) is 1. The first-order chi connectivity index (χ1) is 17.3. The summed E-state index contributed by atoms with van der Waals surface area (Å²) in [5.74, 6) is 0.369. The van der Waals surface area contributed by atoms with Gasteiger partial charge in [0.2, 0.25) is 0 Å². The maximum atomic E-state index is 12.4. The van der Waals surface area contributed by atoms with Crippen molar-refractivity contribution in [1.29, 1.82) is 0 Å². The zero-order valence-electron chi connectivity index (χ0n) is 27.6. The van der Waals surface area contributed by atoms with Crippen LogP contribution in [0.15, 0.2) is 0 Å². The topological polar surface area (TPSA) is 84.5 Å². The van der Waals surface area contributed by atoms with Gasteiger partial charge in [-0.1, -0.05) is 0 Å².